The van der Waals surface area contributed by atoms with Crippen molar-refractivity contribution in [3.8, 4) is 11.8 Å². The number of likely N-dealkylation sites (tertiary alicyclic amines) is 1. The SMILES string of the molecule is Cc1ccc(NC(=O)N2CCC(C)CC2)c(C#CCN)c1. The van der Waals surface area contributed by atoms with Crippen LogP contribution < -0.4 is 11.1 Å². The molecular weight excluding hydrogens is 262 g/mol. The van der Waals surface area contributed by atoms with Crippen LogP contribution in [0.2, 0.25) is 0 Å². The summed E-state index contributed by atoms with van der Waals surface area (Å²) in [4.78, 5) is 14.2. The molecule has 0 saturated carbocycles. The molecule has 3 N–H and O–H groups in total. The van der Waals surface area contributed by atoms with Gasteiger partial charge < -0.3 is 16.0 Å². The van der Waals surface area contributed by atoms with Crippen LogP contribution in [-0.2, 0) is 0 Å². The predicted octanol–water partition coefficient (Wildman–Crippen LogP) is 2.57. The lowest BCUT2D eigenvalue weighted by molar-refractivity contribution is 0.186. The molecule has 4 nitrogen and oxygen atoms in total. The van der Waals surface area contributed by atoms with Gasteiger partial charge >= 0.3 is 6.03 Å². The standard InChI is InChI=1S/C17H23N3O/c1-13-7-10-20(11-8-13)17(21)19-16-6-5-14(2)12-15(16)4-3-9-18/h5-6,12-13H,7-11,18H2,1-2H3,(H,19,21). The first kappa shape index (κ1) is 15.4. The summed E-state index contributed by atoms with van der Waals surface area (Å²) in [5, 5.41) is 2.97. The van der Waals surface area contributed by atoms with E-state index in [0.29, 0.717) is 12.5 Å². The average Bonchev–Trinajstić information content (AvgIpc) is 2.48. The zero-order valence-corrected chi connectivity index (χ0v) is 12.8. The van der Waals surface area contributed by atoms with Crippen LogP contribution in [-0.4, -0.2) is 30.6 Å². The molecule has 0 bridgehead atoms. The van der Waals surface area contributed by atoms with Gasteiger partial charge in [0.25, 0.3) is 0 Å². The Bertz CT molecular complexity index is 563. The zero-order valence-electron chi connectivity index (χ0n) is 12.8. The van der Waals surface area contributed by atoms with Crippen molar-refractivity contribution in [1.29, 1.82) is 0 Å². The predicted molar refractivity (Wildman–Crippen MR) is 86.1 cm³/mol. The van der Waals surface area contributed by atoms with Gasteiger partial charge in [-0.05, 0) is 43.4 Å². The largest absolute Gasteiger partial charge is 0.325 e. The summed E-state index contributed by atoms with van der Waals surface area (Å²) in [6.45, 7) is 6.19. The molecule has 0 aromatic heterocycles. The first-order valence-electron chi connectivity index (χ1n) is 7.45. The maximum atomic E-state index is 12.3. The van der Waals surface area contributed by atoms with Gasteiger partial charge in [0, 0.05) is 18.7 Å². The van der Waals surface area contributed by atoms with E-state index in [1.54, 1.807) is 0 Å². The number of carbonyl (C=O) groups is 1. The van der Waals surface area contributed by atoms with Crippen LogP contribution in [0.25, 0.3) is 0 Å². The quantitative estimate of drug-likeness (QED) is 0.779. The number of hydrogen-bond donors (Lipinski definition) is 2. The van der Waals surface area contributed by atoms with Gasteiger partial charge in [0.05, 0.1) is 12.2 Å². The Morgan fingerprint density at radius 2 is 2.14 bits per heavy atom. The Morgan fingerprint density at radius 3 is 2.81 bits per heavy atom. The molecule has 21 heavy (non-hydrogen) atoms. The Kier molecular flexibility index (Phi) is 5.24. The minimum absolute atomic E-state index is 0.0402. The lowest BCUT2D eigenvalue weighted by atomic mass is 10.00. The third kappa shape index (κ3) is 4.24. The Balaban J connectivity index is 2.10. The number of nitrogens with one attached hydrogen (secondary N) is 1. The van der Waals surface area contributed by atoms with E-state index in [4.69, 9.17) is 5.73 Å². The van der Waals surface area contributed by atoms with Gasteiger partial charge in [-0.25, -0.2) is 4.79 Å². The maximum absolute atomic E-state index is 12.3. The van der Waals surface area contributed by atoms with Crippen molar-refractivity contribution in [1.82, 2.24) is 4.90 Å². The lowest BCUT2D eigenvalue weighted by Gasteiger charge is -2.30. The van der Waals surface area contributed by atoms with Gasteiger partial charge in [0.15, 0.2) is 0 Å². The summed E-state index contributed by atoms with van der Waals surface area (Å²) in [5.41, 5.74) is 8.11. The topological polar surface area (TPSA) is 58.4 Å². The summed E-state index contributed by atoms with van der Waals surface area (Å²) in [6.07, 6.45) is 2.14. The Labute approximate surface area is 126 Å². The van der Waals surface area contributed by atoms with Gasteiger partial charge in [-0.1, -0.05) is 24.8 Å². The fraction of sp³-hybridized carbons (Fsp3) is 0.471. The second-order valence-electron chi connectivity index (χ2n) is 5.65. The molecule has 0 aliphatic carbocycles. The molecule has 2 rings (SSSR count). The molecule has 0 radical (unpaired) electrons. The third-order valence-corrected chi connectivity index (χ3v) is 3.81. The molecule has 2 amide bonds. The molecule has 1 saturated heterocycles. The van der Waals surface area contributed by atoms with Crippen LogP contribution in [0.5, 0.6) is 0 Å². The highest BCUT2D eigenvalue weighted by Gasteiger charge is 2.20. The number of nitrogens with zero attached hydrogens (tertiary/aromatic N) is 1. The van der Waals surface area contributed by atoms with Crippen molar-refractivity contribution in [2.75, 3.05) is 25.0 Å². The molecular formula is C17H23N3O. The monoisotopic (exact) mass is 285 g/mol. The molecule has 1 aliphatic rings. The molecule has 0 spiro atoms. The van der Waals surface area contributed by atoms with Gasteiger partial charge in [0.2, 0.25) is 0 Å². The summed E-state index contributed by atoms with van der Waals surface area (Å²) in [6, 6.07) is 5.81. The number of amides is 2. The Morgan fingerprint density at radius 1 is 1.43 bits per heavy atom. The molecule has 112 valence electrons. The van der Waals surface area contributed by atoms with Gasteiger partial charge in [0.1, 0.15) is 0 Å². The van der Waals surface area contributed by atoms with Crippen LogP contribution in [0.3, 0.4) is 0 Å². The highest BCUT2D eigenvalue weighted by Crippen LogP contribution is 2.20. The smallest absolute Gasteiger partial charge is 0.321 e. The lowest BCUT2D eigenvalue weighted by Crippen LogP contribution is -2.40. The van der Waals surface area contributed by atoms with Crippen molar-refractivity contribution >= 4 is 11.7 Å². The number of benzene rings is 1. The number of nitrogens with two attached hydrogens (primary N) is 1. The molecule has 1 aromatic carbocycles. The summed E-state index contributed by atoms with van der Waals surface area (Å²) in [5.74, 6) is 6.57. The molecule has 4 heteroatoms. The number of aryl methyl sites for hydroxylation is 1. The average molecular weight is 285 g/mol. The third-order valence-electron chi connectivity index (χ3n) is 3.81. The first-order valence-corrected chi connectivity index (χ1v) is 7.45. The first-order chi connectivity index (χ1) is 10.1. The highest BCUT2D eigenvalue weighted by atomic mass is 16.2. The van der Waals surface area contributed by atoms with E-state index in [-0.39, 0.29) is 6.03 Å². The van der Waals surface area contributed by atoms with Gasteiger partial charge in [-0.2, -0.15) is 0 Å². The molecule has 1 aromatic rings. The van der Waals surface area contributed by atoms with Gasteiger partial charge in [-0.15, -0.1) is 0 Å². The van der Waals surface area contributed by atoms with Crippen LogP contribution in [0.1, 0.15) is 30.9 Å². The molecule has 1 heterocycles. The number of urea groups is 1. The van der Waals surface area contributed by atoms with Crippen molar-refractivity contribution in [2.45, 2.75) is 26.7 Å². The van der Waals surface area contributed by atoms with Crippen LogP contribution in [0, 0.1) is 24.7 Å². The molecule has 1 aliphatic heterocycles. The number of rotatable bonds is 1. The summed E-state index contributed by atoms with van der Waals surface area (Å²) in [7, 11) is 0. The van der Waals surface area contributed by atoms with Crippen molar-refractivity contribution in [3.63, 3.8) is 0 Å². The minimum Gasteiger partial charge on any atom is -0.325 e. The molecule has 0 atom stereocenters. The van der Waals surface area contributed by atoms with E-state index < -0.39 is 0 Å². The van der Waals surface area contributed by atoms with E-state index in [1.807, 2.05) is 30.0 Å². The van der Waals surface area contributed by atoms with E-state index in [0.717, 1.165) is 42.7 Å². The number of carbonyl (C=O) groups excluding carboxylic acids is 1. The van der Waals surface area contributed by atoms with E-state index in [1.165, 1.54) is 0 Å². The van der Waals surface area contributed by atoms with Crippen molar-refractivity contribution < 1.29 is 4.79 Å². The number of hydrogen-bond acceptors (Lipinski definition) is 2. The summed E-state index contributed by atoms with van der Waals surface area (Å²) >= 11 is 0. The number of piperidine rings is 1. The van der Waals surface area contributed by atoms with Crippen molar-refractivity contribution in [3.05, 3.63) is 29.3 Å². The fourth-order valence-electron chi connectivity index (χ4n) is 2.42. The second kappa shape index (κ2) is 7.14. The van der Waals surface area contributed by atoms with Gasteiger partial charge in [-0.3, -0.25) is 0 Å². The van der Waals surface area contributed by atoms with E-state index >= 15 is 0 Å². The number of anilines is 1. The molecule has 0 unspecified atom stereocenters. The Hall–Kier alpha value is -1.99. The zero-order chi connectivity index (χ0) is 15.2. The fourth-order valence-corrected chi connectivity index (χ4v) is 2.42. The second-order valence-corrected chi connectivity index (χ2v) is 5.65. The van der Waals surface area contributed by atoms with Crippen LogP contribution in [0.15, 0.2) is 18.2 Å². The molecule has 1 fully saturated rings. The van der Waals surface area contributed by atoms with Crippen molar-refractivity contribution in [2.24, 2.45) is 11.7 Å². The van der Waals surface area contributed by atoms with E-state index in [2.05, 4.69) is 24.1 Å². The maximum Gasteiger partial charge on any atom is 0.321 e. The normalized spacial score (nSPS) is 15.3. The minimum atomic E-state index is -0.0402. The highest BCUT2D eigenvalue weighted by molar-refractivity contribution is 5.91. The van der Waals surface area contributed by atoms with Crippen LogP contribution >= 0.6 is 0 Å². The van der Waals surface area contributed by atoms with E-state index in [9.17, 15) is 4.79 Å². The van der Waals surface area contributed by atoms with Crippen LogP contribution in [0.4, 0.5) is 10.5 Å². The summed E-state index contributed by atoms with van der Waals surface area (Å²) < 4.78 is 0.